The molecule has 2 unspecified atom stereocenters. The number of hydrazine groups is 1. The Balaban J connectivity index is 1.63. The van der Waals surface area contributed by atoms with Crippen LogP contribution in [0, 0.1) is 5.92 Å². The second kappa shape index (κ2) is 5.60. The van der Waals surface area contributed by atoms with Crippen molar-refractivity contribution in [1.82, 2.24) is 21.0 Å². The Morgan fingerprint density at radius 2 is 1.85 bits per heavy atom. The van der Waals surface area contributed by atoms with E-state index >= 15 is 0 Å². The lowest BCUT2D eigenvalue weighted by Gasteiger charge is -2.17. The van der Waals surface area contributed by atoms with E-state index in [-0.39, 0.29) is 0 Å². The second-order valence-corrected chi connectivity index (χ2v) is 5.20. The monoisotopic (exact) mass is 273 g/mol. The fourth-order valence-electron chi connectivity index (χ4n) is 2.47. The molecule has 6 nitrogen and oxygen atoms in total. The molecule has 0 aliphatic carbocycles. The van der Waals surface area contributed by atoms with E-state index < -0.39 is 0 Å². The predicted molar refractivity (Wildman–Crippen MR) is 76.9 cm³/mol. The van der Waals surface area contributed by atoms with Crippen LogP contribution >= 0.6 is 0 Å². The van der Waals surface area contributed by atoms with Crippen LogP contribution in [0.1, 0.15) is 13.8 Å². The molecule has 2 aromatic rings. The highest BCUT2D eigenvalue weighted by Gasteiger charge is 2.29. The number of benzene rings is 1. The number of rotatable bonds is 4. The molecule has 1 saturated heterocycles. The number of hydrogen-bond donors (Lipinski definition) is 3. The molecule has 1 aromatic heterocycles. The molecule has 6 heteroatoms. The van der Waals surface area contributed by atoms with E-state index in [1.165, 1.54) is 0 Å². The number of hydrogen-bond acceptors (Lipinski definition) is 6. The first-order valence-electron chi connectivity index (χ1n) is 6.88. The fourth-order valence-corrected chi connectivity index (χ4v) is 2.47. The molecule has 0 radical (unpaired) electrons. The van der Waals surface area contributed by atoms with Gasteiger partial charge in [-0.3, -0.25) is 10.9 Å². The molecule has 2 atom stereocenters. The van der Waals surface area contributed by atoms with Crippen LogP contribution in [-0.4, -0.2) is 28.8 Å². The molecule has 3 N–H and O–H groups in total. The molecule has 0 saturated carbocycles. The van der Waals surface area contributed by atoms with Crippen molar-refractivity contribution < 1.29 is 4.52 Å². The average Bonchev–Trinajstić information content (AvgIpc) is 3.06. The van der Waals surface area contributed by atoms with Gasteiger partial charge in [0.05, 0.1) is 0 Å². The van der Waals surface area contributed by atoms with Gasteiger partial charge >= 0.3 is 0 Å². The summed E-state index contributed by atoms with van der Waals surface area (Å²) in [5, 5.41) is 7.21. The van der Waals surface area contributed by atoms with Crippen molar-refractivity contribution in [2.24, 2.45) is 5.92 Å². The molecular weight excluding hydrogens is 254 g/mol. The van der Waals surface area contributed by atoms with E-state index in [0.29, 0.717) is 29.8 Å². The minimum atomic E-state index is 0.415. The summed E-state index contributed by atoms with van der Waals surface area (Å²) in [6.07, 6.45) is 0. The maximum absolute atomic E-state index is 5.26. The molecule has 1 aromatic carbocycles. The van der Waals surface area contributed by atoms with Crippen molar-refractivity contribution in [2.45, 2.75) is 25.9 Å². The zero-order valence-corrected chi connectivity index (χ0v) is 11.6. The Hall–Kier alpha value is -1.92. The minimum absolute atomic E-state index is 0.415. The molecule has 2 heterocycles. The molecule has 3 rings (SSSR count). The van der Waals surface area contributed by atoms with Crippen molar-refractivity contribution in [2.75, 3.05) is 11.9 Å². The lowest BCUT2D eigenvalue weighted by molar-refractivity contribution is 0.429. The Kier molecular flexibility index (Phi) is 3.66. The van der Waals surface area contributed by atoms with Gasteiger partial charge in [-0.2, -0.15) is 4.98 Å². The largest absolute Gasteiger partial charge is 0.351 e. The van der Waals surface area contributed by atoms with Crippen molar-refractivity contribution in [3.8, 4) is 11.5 Å². The number of anilines is 1. The van der Waals surface area contributed by atoms with Crippen LogP contribution < -0.4 is 16.2 Å². The van der Waals surface area contributed by atoms with Crippen LogP contribution in [0.5, 0.6) is 0 Å². The summed E-state index contributed by atoms with van der Waals surface area (Å²) in [5.41, 5.74) is 7.39. The van der Waals surface area contributed by atoms with Crippen molar-refractivity contribution >= 4 is 5.95 Å². The summed E-state index contributed by atoms with van der Waals surface area (Å²) in [6, 6.07) is 10.6. The highest BCUT2D eigenvalue weighted by molar-refractivity contribution is 5.53. The van der Waals surface area contributed by atoms with Gasteiger partial charge in [0.2, 0.25) is 0 Å². The topological polar surface area (TPSA) is 75.0 Å². The van der Waals surface area contributed by atoms with Gasteiger partial charge in [-0.1, -0.05) is 18.2 Å². The molecule has 1 aliphatic heterocycles. The van der Waals surface area contributed by atoms with Crippen LogP contribution in [-0.2, 0) is 0 Å². The quantitative estimate of drug-likeness (QED) is 0.786. The first kappa shape index (κ1) is 13.1. The second-order valence-electron chi connectivity index (χ2n) is 5.20. The van der Waals surface area contributed by atoms with E-state index in [4.69, 9.17) is 4.52 Å². The first-order valence-corrected chi connectivity index (χ1v) is 6.88. The van der Waals surface area contributed by atoms with E-state index in [0.717, 1.165) is 12.1 Å². The van der Waals surface area contributed by atoms with Gasteiger partial charge < -0.3 is 9.84 Å². The Morgan fingerprint density at radius 3 is 2.55 bits per heavy atom. The molecule has 0 amide bonds. The van der Waals surface area contributed by atoms with Gasteiger partial charge in [-0.25, -0.2) is 0 Å². The highest BCUT2D eigenvalue weighted by Crippen LogP contribution is 2.19. The van der Waals surface area contributed by atoms with Gasteiger partial charge in [-0.15, -0.1) is 0 Å². The molecule has 106 valence electrons. The Labute approximate surface area is 117 Å². The fraction of sp³-hybridized carbons (Fsp3) is 0.429. The molecule has 0 spiro atoms. The van der Waals surface area contributed by atoms with Gasteiger partial charge in [0.25, 0.3) is 11.8 Å². The van der Waals surface area contributed by atoms with E-state index in [1.807, 2.05) is 30.3 Å². The third-order valence-corrected chi connectivity index (χ3v) is 3.77. The van der Waals surface area contributed by atoms with Crippen LogP contribution in [0.15, 0.2) is 34.9 Å². The van der Waals surface area contributed by atoms with E-state index in [1.54, 1.807) is 0 Å². The maximum Gasteiger partial charge on any atom is 0.263 e. The first-order chi connectivity index (χ1) is 9.74. The molecule has 1 aliphatic rings. The van der Waals surface area contributed by atoms with Crippen LogP contribution in [0.2, 0.25) is 0 Å². The summed E-state index contributed by atoms with van der Waals surface area (Å²) < 4.78 is 5.26. The molecular formula is C14H19N5O. The van der Waals surface area contributed by atoms with Crippen LogP contribution in [0.25, 0.3) is 11.5 Å². The lowest BCUT2D eigenvalue weighted by atomic mass is 9.97. The van der Waals surface area contributed by atoms with Crippen LogP contribution in [0.3, 0.4) is 0 Å². The average molecular weight is 273 g/mol. The minimum Gasteiger partial charge on any atom is -0.351 e. The third kappa shape index (κ3) is 2.66. The summed E-state index contributed by atoms with van der Waals surface area (Å²) in [6.45, 7) is 5.12. The normalized spacial score (nSPS) is 25.8. The van der Waals surface area contributed by atoms with E-state index in [9.17, 15) is 0 Å². The maximum atomic E-state index is 5.26. The van der Waals surface area contributed by atoms with Crippen molar-refractivity contribution in [1.29, 1.82) is 0 Å². The highest BCUT2D eigenvalue weighted by atomic mass is 16.5. The van der Waals surface area contributed by atoms with Gasteiger partial charge in [0.15, 0.2) is 0 Å². The number of nitrogens with zero attached hydrogens (tertiary/aromatic N) is 2. The summed E-state index contributed by atoms with van der Waals surface area (Å²) in [4.78, 5) is 4.36. The zero-order chi connectivity index (χ0) is 13.9. The Bertz CT molecular complexity index is 546. The predicted octanol–water partition coefficient (Wildman–Crippen LogP) is 1.65. The van der Waals surface area contributed by atoms with Crippen molar-refractivity contribution in [3.05, 3.63) is 30.3 Å². The summed E-state index contributed by atoms with van der Waals surface area (Å²) in [5.74, 6) is 1.56. The summed E-state index contributed by atoms with van der Waals surface area (Å²) >= 11 is 0. The van der Waals surface area contributed by atoms with Crippen molar-refractivity contribution in [3.63, 3.8) is 0 Å². The summed E-state index contributed by atoms with van der Waals surface area (Å²) in [7, 11) is 0. The molecule has 1 fully saturated rings. The Morgan fingerprint density at radius 1 is 1.15 bits per heavy atom. The lowest BCUT2D eigenvalue weighted by Crippen LogP contribution is -2.30. The van der Waals surface area contributed by atoms with Gasteiger partial charge in [0.1, 0.15) is 0 Å². The third-order valence-electron chi connectivity index (χ3n) is 3.77. The van der Waals surface area contributed by atoms with Crippen LogP contribution in [0.4, 0.5) is 5.95 Å². The van der Waals surface area contributed by atoms with E-state index in [2.05, 4.69) is 40.2 Å². The SMILES string of the molecule is CC1NNC(C)C1CNc1noc(-c2ccccc2)n1. The number of aromatic nitrogens is 2. The van der Waals surface area contributed by atoms with Gasteiger partial charge in [-0.05, 0) is 31.1 Å². The number of nitrogens with one attached hydrogen (secondary N) is 3. The zero-order valence-electron chi connectivity index (χ0n) is 11.6. The van der Waals surface area contributed by atoms with Gasteiger partial charge in [0, 0.05) is 30.1 Å². The standard InChI is InChI=1S/C14H19N5O/c1-9-12(10(2)18-17-9)8-15-14-16-13(20-19-14)11-6-4-3-5-7-11/h3-7,9-10,12,17-18H,8H2,1-2H3,(H,15,19). The molecule has 20 heavy (non-hydrogen) atoms. The smallest absolute Gasteiger partial charge is 0.263 e. The molecule has 0 bridgehead atoms.